The smallest absolute Gasteiger partial charge is 0.269 e. The Bertz CT molecular complexity index is 1080. The first kappa shape index (κ1) is 20.8. The number of methoxy groups -OCH3 is 1. The third-order valence-corrected chi connectivity index (χ3v) is 8.69. The maximum absolute atomic E-state index is 13.5. The summed E-state index contributed by atoms with van der Waals surface area (Å²) in [5.41, 5.74) is 2.05. The van der Waals surface area contributed by atoms with Crippen molar-refractivity contribution in [1.82, 2.24) is 4.31 Å². The van der Waals surface area contributed by atoms with E-state index in [0.29, 0.717) is 13.0 Å². The number of nitro benzene ring substituents is 1. The Morgan fingerprint density at radius 3 is 2.50 bits per heavy atom. The molecule has 0 unspecified atom stereocenters. The highest BCUT2D eigenvalue weighted by Gasteiger charge is 2.49. The van der Waals surface area contributed by atoms with Gasteiger partial charge in [0.2, 0.25) is 10.0 Å². The maximum Gasteiger partial charge on any atom is 0.269 e. The van der Waals surface area contributed by atoms with E-state index in [2.05, 4.69) is 19.9 Å². The van der Waals surface area contributed by atoms with Crippen molar-refractivity contribution in [1.29, 1.82) is 0 Å². The molecule has 8 heteroatoms. The summed E-state index contributed by atoms with van der Waals surface area (Å²) in [5.74, 6) is 0.991. The third-order valence-electron chi connectivity index (χ3n) is 6.75. The first-order valence-corrected chi connectivity index (χ1v) is 11.5. The van der Waals surface area contributed by atoms with Crippen LogP contribution in [0.3, 0.4) is 0 Å². The molecule has 0 radical (unpaired) electrons. The van der Waals surface area contributed by atoms with Crippen molar-refractivity contribution in [3.63, 3.8) is 0 Å². The normalized spacial score (nSPS) is 23.3. The molecule has 2 aromatic carbocycles. The Balaban J connectivity index is 1.73. The highest BCUT2D eigenvalue weighted by molar-refractivity contribution is 7.89. The molecule has 0 saturated carbocycles. The van der Waals surface area contributed by atoms with E-state index in [1.54, 1.807) is 11.4 Å². The van der Waals surface area contributed by atoms with Crippen LogP contribution in [0.2, 0.25) is 0 Å². The van der Waals surface area contributed by atoms with Crippen LogP contribution < -0.4 is 4.74 Å². The van der Waals surface area contributed by atoms with Gasteiger partial charge < -0.3 is 4.74 Å². The zero-order chi connectivity index (χ0) is 21.7. The molecule has 1 heterocycles. The number of rotatable bonds is 4. The quantitative estimate of drug-likeness (QED) is 0.542. The van der Waals surface area contributed by atoms with Crippen LogP contribution in [0.25, 0.3) is 0 Å². The standard InChI is InChI=1S/C22H26N2O5S/c1-22(2)19-5-4-12-23(21(19)13-15-6-9-17(29-3)14-20(15)22)30(27,28)18-10-7-16(8-11-18)24(25)26/h6-11,14,19,21H,4-5,12-13H2,1-3H3/t19-,21-/m1/s1. The fraction of sp³-hybridized carbons (Fsp3) is 0.455. The molecular weight excluding hydrogens is 404 g/mol. The minimum absolute atomic E-state index is 0.104. The minimum Gasteiger partial charge on any atom is -0.497 e. The minimum atomic E-state index is -3.75. The predicted molar refractivity (Wildman–Crippen MR) is 113 cm³/mol. The Hall–Kier alpha value is -2.45. The number of sulfonamides is 1. The summed E-state index contributed by atoms with van der Waals surface area (Å²) in [6.45, 7) is 4.83. The van der Waals surface area contributed by atoms with Gasteiger partial charge in [0.25, 0.3) is 5.69 Å². The van der Waals surface area contributed by atoms with Gasteiger partial charge in [-0.1, -0.05) is 19.9 Å². The number of nitro groups is 1. The third kappa shape index (κ3) is 3.28. The lowest BCUT2D eigenvalue weighted by atomic mass is 9.61. The predicted octanol–water partition coefficient (Wildman–Crippen LogP) is 3.91. The molecule has 0 bridgehead atoms. The number of piperidine rings is 1. The van der Waals surface area contributed by atoms with Gasteiger partial charge in [-0.2, -0.15) is 4.31 Å². The Morgan fingerprint density at radius 1 is 1.17 bits per heavy atom. The van der Waals surface area contributed by atoms with Gasteiger partial charge in [-0.15, -0.1) is 0 Å². The van der Waals surface area contributed by atoms with E-state index in [1.807, 2.05) is 12.1 Å². The molecule has 1 saturated heterocycles. The first-order valence-electron chi connectivity index (χ1n) is 10.1. The number of nitrogens with zero attached hydrogens (tertiary/aromatic N) is 2. The maximum atomic E-state index is 13.5. The largest absolute Gasteiger partial charge is 0.497 e. The highest BCUT2D eigenvalue weighted by atomic mass is 32.2. The zero-order valence-corrected chi connectivity index (χ0v) is 18.2. The van der Waals surface area contributed by atoms with Gasteiger partial charge >= 0.3 is 0 Å². The van der Waals surface area contributed by atoms with Gasteiger partial charge in [0.15, 0.2) is 0 Å². The number of benzene rings is 2. The van der Waals surface area contributed by atoms with Crippen LogP contribution in [0.5, 0.6) is 5.75 Å². The molecule has 0 aromatic heterocycles. The van der Waals surface area contributed by atoms with E-state index >= 15 is 0 Å². The van der Waals surface area contributed by atoms with E-state index in [1.165, 1.54) is 29.8 Å². The number of ether oxygens (including phenoxy) is 1. The fourth-order valence-electron chi connectivity index (χ4n) is 5.17. The molecule has 0 spiro atoms. The van der Waals surface area contributed by atoms with Gasteiger partial charge in [-0.05, 0) is 66.0 Å². The lowest BCUT2D eigenvalue weighted by Crippen LogP contribution is -2.56. The molecule has 2 atom stereocenters. The van der Waals surface area contributed by atoms with Crippen molar-refractivity contribution in [2.75, 3.05) is 13.7 Å². The van der Waals surface area contributed by atoms with Gasteiger partial charge in [0.05, 0.1) is 16.9 Å². The number of non-ortho nitro benzene ring substituents is 1. The summed E-state index contributed by atoms with van der Waals surface area (Å²) in [5, 5.41) is 10.9. The number of hydrogen-bond acceptors (Lipinski definition) is 5. The second-order valence-corrected chi connectivity index (χ2v) is 10.5. The summed E-state index contributed by atoms with van der Waals surface area (Å²) in [6.07, 6.45) is 2.40. The molecular formula is C22H26N2O5S. The van der Waals surface area contributed by atoms with E-state index in [9.17, 15) is 18.5 Å². The van der Waals surface area contributed by atoms with Crippen LogP contribution in [0.15, 0.2) is 47.4 Å². The van der Waals surface area contributed by atoms with Gasteiger partial charge in [-0.3, -0.25) is 10.1 Å². The molecule has 4 rings (SSSR count). The molecule has 1 fully saturated rings. The molecule has 0 amide bonds. The lowest BCUT2D eigenvalue weighted by molar-refractivity contribution is -0.384. The van der Waals surface area contributed by atoms with Crippen molar-refractivity contribution in [2.24, 2.45) is 5.92 Å². The molecule has 30 heavy (non-hydrogen) atoms. The van der Waals surface area contributed by atoms with Gasteiger partial charge in [0, 0.05) is 24.7 Å². The second kappa shape index (κ2) is 7.35. The summed E-state index contributed by atoms with van der Waals surface area (Å²) in [7, 11) is -2.10. The number of fused-ring (bicyclic) bond motifs is 2. The van der Waals surface area contributed by atoms with Crippen LogP contribution >= 0.6 is 0 Å². The van der Waals surface area contributed by atoms with E-state index in [0.717, 1.165) is 24.2 Å². The topological polar surface area (TPSA) is 89.8 Å². The summed E-state index contributed by atoms with van der Waals surface area (Å²) < 4.78 is 34.0. The first-order chi connectivity index (χ1) is 14.2. The molecule has 2 aromatic rings. The molecule has 1 aliphatic heterocycles. The lowest BCUT2D eigenvalue weighted by Gasteiger charge is -2.51. The van der Waals surface area contributed by atoms with Crippen LogP contribution in [0.1, 0.15) is 37.8 Å². The summed E-state index contributed by atoms with van der Waals surface area (Å²) in [6, 6.07) is 11.1. The van der Waals surface area contributed by atoms with Crippen molar-refractivity contribution in [3.05, 3.63) is 63.7 Å². The second-order valence-electron chi connectivity index (χ2n) is 8.63. The van der Waals surface area contributed by atoms with Crippen LogP contribution in [0, 0.1) is 16.0 Å². The molecule has 7 nitrogen and oxygen atoms in total. The Kier molecular flexibility index (Phi) is 5.10. The molecule has 2 aliphatic rings. The van der Waals surface area contributed by atoms with E-state index < -0.39 is 14.9 Å². The highest BCUT2D eigenvalue weighted by Crippen LogP contribution is 2.48. The van der Waals surface area contributed by atoms with Gasteiger partial charge in [0.1, 0.15) is 5.75 Å². The van der Waals surface area contributed by atoms with Crippen LogP contribution in [-0.4, -0.2) is 37.3 Å². The van der Waals surface area contributed by atoms with Crippen molar-refractivity contribution in [3.8, 4) is 5.75 Å². The summed E-state index contributed by atoms with van der Waals surface area (Å²) in [4.78, 5) is 10.5. The SMILES string of the molecule is COc1ccc2c(c1)C(C)(C)[C@@H]1CCCN(S(=O)(=O)c3ccc([N+](=O)[O-])cc3)[C@@H]1C2. The molecule has 0 N–H and O–H groups in total. The molecule has 1 aliphatic carbocycles. The molecule has 160 valence electrons. The average molecular weight is 431 g/mol. The van der Waals surface area contributed by atoms with Crippen LogP contribution in [0.4, 0.5) is 5.69 Å². The van der Waals surface area contributed by atoms with E-state index in [4.69, 9.17) is 4.74 Å². The van der Waals surface area contributed by atoms with Crippen molar-refractivity contribution < 1.29 is 18.1 Å². The zero-order valence-electron chi connectivity index (χ0n) is 17.4. The van der Waals surface area contributed by atoms with Crippen LogP contribution in [-0.2, 0) is 21.9 Å². The Morgan fingerprint density at radius 2 is 1.87 bits per heavy atom. The van der Waals surface area contributed by atoms with Gasteiger partial charge in [-0.25, -0.2) is 8.42 Å². The monoisotopic (exact) mass is 430 g/mol. The Labute approximate surface area is 176 Å². The fourth-order valence-corrected chi connectivity index (χ4v) is 6.87. The average Bonchev–Trinajstić information content (AvgIpc) is 2.73. The van der Waals surface area contributed by atoms with Crippen molar-refractivity contribution >= 4 is 15.7 Å². The summed E-state index contributed by atoms with van der Waals surface area (Å²) >= 11 is 0. The van der Waals surface area contributed by atoms with Crippen molar-refractivity contribution in [2.45, 2.75) is 49.5 Å². The van der Waals surface area contributed by atoms with E-state index in [-0.39, 0.29) is 28.0 Å². The number of hydrogen-bond donors (Lipinski definition) is 0.